The maximum absolute atomic E-state index is 12.8. The summed E-state index contributed by atoms with van der Waals surface area (Å²) in [6.45, 7) is 4.89. The van der Waals surface area contributed by atoms with Gasteiger partial charge in [0.1, 0.15) is 17.1 Å². The second-order valence-electron chi connectivity index (χ2n) is 8.55. The zero-order valence-electron chi connectivity index (χ0n) is 20.2. The molecule has 9 heteroatoms. The van der Waals surface area contributed by atoms with Gasteiger partial charge in [-0.1, -0.05) is 56.3 Å². The Kier molecular flexibility index (Phi) is 7.91. The van der Waals surface area contributed by atoms with Gasteiger partial charge in [0, 0.05) is 7.05 Å². The van der Waals surface area contributed by atoms with Crippen LogP contribution in [0.4, 0.5) is 5.82 Å². The SMILES string of the molecule is Cc1ccc(C(C)C)c(OCC(=O)OCC(=O)c2c(N)n(Cc3ccccc3)c(=O)n(C)c2=O)c1. The van der Waals surface area contributed by atoms with Crippen LogP contribution in [-0.2, 0) is 23.1 Å². The summed E-state index contributed by atoms with van der Waals surface area (Å²) in [4.78, 5) is 50.3. The minimum absolute atomic E-state index is 0.0716. The van der Waals surface area contributed by atoms with Crippen LogP contribution in [0.15, 0.2) is 58.1 Å². The number of carbonyl (C=O) groups is 2. The molecule has 1 heterocycles. The van der Waals surface area contributed by atoms with E-state index in [2.05, 4.69) is 0 Å². The van der Waals surface area contributed by atoms with Gasteiger partial charge in [-0.25, -0.2) is 9.59 Å². The van der Waals surface area contributed by atoms with Gasteiger partial charge >= 0.3 is 11.7 Å². The first-order valence-electron chi connectivity index (χ1n) is 11.2. The molecule has 0 saturated heterocycles. The summed E-state index contributed by atoms with van der Waals surface area (Å²) in [5.74, 6) is -1.11. The molecular formula is C26H29N3O6. The number of esters is 1. The molecule has 35 heavy (non-hydrogen) atoms. The molecule has 0 atom stereocenters. The third-order valence-corrected chi connectivity index (χ3v) is 5.55. The van der Waals surface area contributed by atoms with E-state index in [0.29, 0.717) is 5.75 Å². The maximum atomic E-state index is 12.8. The first kappa shape index (κ1) is 25.5. The molecule has 0 amide bonds. The second kappa shape index (κ2) is 10.9. The minimum atomic E-state index is -0.851. The van der Waals surface area contributed by atoms with Crippen molar-refractivity contribution in [1.82, 2.24) is 9.13 Å². The van der Waals surface area contributed by atoms with E-state index in [9.17, 15) is 19.2 Å². The lowest BCUT2D eigenvalue weighted by molar-refractivity contribution is -0.144. The van der Waals surface area contributed by atoms with Crippen molar-refractivity contribution in [3.05, 3.63) is 91.6 Å². The van der Waals surface area contributed by atoms with Gasteiger partial charge in [-0.05, 0) is 35.6 Å². The summed E-state index contributed by atoms with van der Waals surface area (Å²) in [7, 11) is 1.26. The first-order valence-corrected chi connectivity index (χ1v) is 11.2. The number of hydrogen-bond donors (Lipinski definition) is 1. The first-order chi connectivity index (χ1) is 16.6. The van der Waals surface area contributed by atoms with Crippen LogP contribution in [0.1, 0.15) is 46.8 Å². The Labute approximate surface area is 202 Å². The molecule has 0 bridgehead atoms. The third-order valence-electron chi connectivity index (χ3n) is 5.55. The molecule has 0 radical (unpaired) electrons. The summed E-state index contributed by atoms with van der Waals surface area (Å²) in [6, 6.07) is 14.7. The van der Waals surface area contributed by atoms with Gasteiger partial charge in [-0.3, -0.25) is 18.7 Å². The Morgan fingerprint density at radius 1 is 1.03 bits per heavy atom. The van der Waals surface area contributed by atoms with Gasteiger partial charge in [0.05, 0.1) is 6.54 Å². The normalized spacial score (nSPS) is 10.9. The van der Waals surface area contributed by atoms with Crippen molar-refractivity contribution in [2.24, 2.45) is 7.05 Å². The number of Topliss-reactive ketones (excluding diaryl/α,β-unsaturated/α-hetero) is 1. The van der Waals surface area contributed by atoms with E-state index in [0.717, 1.165) is 25.8 Å². The molecule has 9 nitrogen and oxygen atoms in total. The lowest BCUT2D eigenvalue weighted by atomic mass is 10.0. The van der Waals surface area contributed by atoms with E-state index in [4.69, 9.17) is 15.2 Å². The Hall–Kier alpha value is -4.14. The van der Waals surface area contributed by atoms with E-state index in [1.165, 1.54) is 7.05 Å². The van der Waals surface area contributed by atoms with Crippen molar-refractivity contribution in [3.8, 4) is 5.75 Å². The molecular weight excluding hydrogens is 450 g/mol. The van der Waals surface area contributed by atoms with E-state index in [1.807, 2.05) is 45.0 Å². The molecule has 0 aliphatic carbocycles. The molecule has 3 rings (SSSR count). The standard InChI is InChI=1S/C26H29N3O6/c1-16(2)19-11-10-17(3)12-21(19)34-15-22(31)35-14-20(30)23-24(27)29(26(33)28(4)25(23)32)13-18-8-6-5-7-9-18/h5-12,16H,13-15,27H2,1-4H3. The van der Waals surface area contributed by atoms with Gasteiger partial charge < -0.3 is 15.2 Å². The van der Waals surface area contributed by atoms with Crippen LogP contribution < -0.4 is 21.7 Å². The van der Waals surface area contributed by atoms with Crippen molar-refractivity contribution in [2.75, 3.05) is 18.9 Å². The number of hydrogen-bond acceptors (Lipinski definition) is 7. The zero-order valence-corrected chi connectivity index (χ0v) is 20.2. The summed E-state index contributed by atoms with van der Waals surface area (Å²) in [5, 5.41) is 0. The Balaban J connectivity index is 1.73. The molecule has 0 saturated carbocycles. The average molecular weight is 480 g/mol. The second-order valence-corrected chi connectivity index (χ2v) is 8.55. The van der Waals surface area contributed by atoms with E-state index < -0.39 is 41.8 Å². The highest BCUT2D eigenvalue weighted by Crippen LogP contribution is 2.27. The Morgan fingerprint density at radius 2 is 1.71 bits per heavy atom. The van der Waals surface area contributed by atoms with Crippen LogP contribution in [0.3, 0.4) is 0 Å². The average Bonchev–Trinajstić information content (AvgIpc) is 2.83. The monoisotopic (exact) mass is 479 g/mol. The number of nitrogen functional groups attached to an aromatic ring is 1. The quantitative estimate of drug-likeness (QED) is 0.369. The number of nitrogens with zero attached hydrogens (tertiary/aromatic N) is 2. The van der Waals surface area contributed by atoms with E-state index >= 15 is 0 Å². The molecule has 2 aromatic carbocycles. The van der Waals surface area contributed by atoms with Gasteiger partial charge in [0.15, 0.2) is 13.2 Å². The van der Waals surface area contributed by atoms with Gasteiger partial charge in [-0.15, -0.1) is 0 Å². The van der Waals surface area contributed by atoms with E-state index in [-0.39, 0.29) is 18.3 Å². The number of benzene rings is 2. The Bertz CT molecular complexity index is 1360. The lowest BCUT2D eigenvalue weighted by Crippen LogP contribution is -2.43. The summed E-state index contributed by atoms with van der Waals surface area (Å²) in [5.41, 5.74) is 6.84. The summed E-state index contributed by atoms with van der Waals surface area (Å²) < 4.78 is 12.6. The maximum Gasteiger partial charge on any atom is 0.344 e. The molecule has 0 fully saturated rings. The molecule has 2 N–H and O–H groups in total. The van der Waals surface area contributed by atoms with E-state index in [1.54, 1.807) is 24.3 Å². The fraction of sp³-hybridized carbons (Fsp3) is 0.308. The highest BCUT2D eigenvalue weighted by atomic mass is 16.6. The fourth-order valence-electron chi connectivity index (χ4n) is 3.60. The summed E-state index contributed by atoms with van der Waals surface area (Å²) >= 11 is 0. The number of anilines is 1. The van der Waals surface area contributed by atoms with Crippen LogP contribution in [0.2, 0.25) is 0 Å². The lowest BCUT2D eigenvalue weighted by Gasteiger charge is -2.15. The topological polar surface area (TPSA) is 123 Å². The number of carbonyl (C=O) groups excluding carboxylic acids is 2. The summed E-state index contributed by atoms with van der Waals surface area (Å²) in [6.07, 6.45) is 0. The number of aryl methyl sites for hydroxylation is 1. The molecule has 0 aliphatic rings. The minimum Gasteiger partial charge on any atom is -0.482 e. The molecule has 0 aliphatic heterocycles. The number of nitrogens with two attached hydrogens (primary N) is 1. The largest absolute Gasteiger partial charge is 0.482 e. The molecule has 0 unspecified atom stereocenters. The number of rotatable bonds is 9. The van der Waals surface area contributed by atoms with Gasteiger partial charge in [-0.2, -0.15) is 0 Å². The number of ketones is 1. The van der Waals surface area contributed by atoms with Crippen molar-refractivity contribution < 1.29 is 19.1 Å². The Morgan fingerprint density at radius 3 is 2.37 bits per heavy atom. The predicted octanol–water partition coefficient (Wildman–Crippen LogP) is 2.41. The van der Waals surface area contributed by atoms with Crippen LogP contribution >= 0.6 is 0 Å². The van der Waals surface area contributed by atoms with Gasteiger partial charge in [0.2, 0.25) is 5.78 Å². The third kappa shape index (κ3) is 5.87. The van der Waals surface area contributed by atoms with Crippen LogP contribution in [0.25, 0.3) is 0 Å². The molecule has 1 aromatic heterocycles. The highest BCUT2D eigenvalue weighted by molar-refractivity contribution is 6.01. The van der Waals surface area contributed by atoms with Gasteiger partial charge in [0.25, 0.3) is 5.56 Å². The predicted molar refractivity (Wildman–Crippen MR) is 132 cm³/mol. The molecule has 3 aromatic rings. The van der Waals surface area contributed by atoms with Crippen LogP contribution in [0.5, 0.6) is 5.75 Å². The number of ether oxygens (including phenoxy) is 2. The number of aromatic nitrogens is 2. The van der Waals surface area contributed by atoms with Crippen LogP contribution in [0, 0.1) is 6.92 Å². The van der Waals surface area contributed by atoms with Crippen molar-refractivity contribution in [1.29, 1.82) is 0 Å². The van der Waals surface area contributed by atoms with Crippen molar-refractivity contribution in [2.45, 2.75) is 33.2 Å². The van der Waals surface area contributed by atoms with Crippen molar-refractivity contribution >= 4 is 17.6 Å². The molecule has 0 spiro atoms. The highest BCUT2D eigenvalue weighted by Gasteiger charge is 2.23. The van der Waals surface area contributed by atoms with Crippen molar-refractivity contribution in [3.63, 3.8) is 0 Å². The fourth-order valence-corrected chi connectivity index (χ4v) is 3.60. The van der Waals surface area contributed by atoms with Crippen LogP contribution in [-0.4, -0.2) is 34.1 Å². The smallest absolute Gasteiger partial charge is 0.344 e. The molecule has 184 valence electrons. The zero-order chi connectivity index (χ0) is 25.7.